The molecule has 0 aliphatic rings. The molecule has 0 radical (unpaired) electrons. The predicted octanol–water partition coefficient (Wildman–Crippen LogP) is 11.1. The molecule has 0 unspecified atom stereocenters. The molecule has 234 valence electrons. The Morgan fingerprint density at radius 3 is 1.42 bits per heavy atom. The Hall–Kier alpha value is -6.85. The average molecular weight is 640 g/mol. The molecule has 0 fully saturated rings. The van der Waals surface area contributed by atoms with Gasteiger partial charge in [-0.3, -0.25) is 4.57 Å². The van der Waals surface area contributed by atoms with Gasteiger partial charge in [-0.15, -0.1) is 10.2 Å². The lowest BCUT2D eigenvalue weighted by molar-refractivity contribution is 1.06. The Labute approximate surface area is 288 Å². The smallest absolute Gasteiger partial charge is 0.139 e. The standard InChI is InChI=1S/C45H29N5/c1-4-14-30(15-5-1)32-24-26-35(27-25-32)49-39-22-12-10-20-36(39)42-44(49)45-43(48-47-42)37-21-11-13-23-40(37)50(45)41-29-34(31-16-6-2-7-17-31)28-38(46-41)33-18-8-3-9-19-33/h1-29H. The van der Waals surface area contributed by atoms with E-state index in [1.807, 2.05) is 6.07 Å². The van der Waals surface area contributed by atoms with Gasteiger partial charge in [0.25, 0.3) is 0 Å². The van der Waals surface area contributed by atoms with Crippen LogP contribution in [-0.4, -0.2) is 24.3 Å². The van der Waals surface area contributed by atoms with Gasteiger partial charge >= 0.3 is 0 Å². The maximum absolute atomic E-state index is 5.39. The predicted molar refractivity (Wildman–Crippen MR) is 205 cm³/mol. The average Bonchev–Trinajstić information content (AvgIpc) is 3.72. The van der Waals surface area contributed by atoms with Crippen molar-refractivity contribution in [2.24, 2.45) is 0 Å². The van der Waals surface area contributed by atoms with Crippen LogP contribution in [0.1, 0.15) is 0 Å². The lowest BCUT2D eigenvalue weighted by atomic mass is 10.0. The molecule has 0 saturated carbocycles. The van der Waals surface area contributed by atoms with Gasteiger partial charge in [0.1, 0.15) is 27.9 Å². The summed E-state index contributed by atoms with van der Waals surface area (Å²) in [6.45, 7) is 0. The van der Waals surface area contributed by atoms with Crippen LogP contribution < -0.4 is 0 Å². The van der Waals surface area contributed by atoms with E-state index in [4.69, 9.17) is 15.2 Å². The molecular weight excluding hydrogens is 611 g/mol. The van der Waals surface area contributed by atoms with Crippen LogP contribution in [0.3, 0.4) is 0 Å². The second-order valence-electron chi connectivity index (χ2n) is 12.5. The summed E-state index contributed by atoms with van der Waals surface area (Å²) in [7, 11) is 0. The Balaban J connectivity index is 1.32. The third-order valence-corrected chi connectivity index (χ3v) is 9.62. The first-order valence-electron chi connectivity index (χ1n) is 16.8. The van der Waals surface area contributed by atoms with Crippen LogP contribution in [0.5, 0.6) is 0 Å². The molecule has 0 bridgehead atoms. The fourth-order valence-corrected chi connectivity index (χ4v) is 7.31. The first-order valence-corrected chi connectivity index (χ1v) is 16.8. The van der Waals surface area contributed by atoms with Crippen LogP contribution in [-0.2, 0) is 0 Å². The van der Waals surface area contributed by atoms with Gasteiger partial charge in [-0.05, 0) is 58.7 Å². The largest absolute Gasteiger partial charge is 0.306 e. The second kappa shape index (κ2) is 11.4. The van der Waals surface area contributed by atoms with Crippen molar-refractivity contribution in [1.82, 2.24) is 24.3 Å². The molecule has 6 aromatic carbocycles. The van der Waals surface area contributed by atoms with E-state index in [2.05, 4.69) is 179 Å². The van der Waals surface area contributed by atoms with E-state index in [1.165, 1.54) is 11.1 Å². The summed E-state index contributed by atoms with van der Waals surface area (Å²) in [6.07, 6.45) is 0. The zero-order valence-corrected chi connectivity index (χ0v) is 27.0. The first kappa shape index (κ1) is 28.2. The van der Waals surface area contributed by atoms with Crippen LogP contribution in [0.15, 0.2) is 176 Å². The summed E-state index contributed by atoms with van der Waals surface area (Å²) in [5.74, 6) is 0.821. The molecule has 5 heteroatoms. The molecule has 0 saturated heterocycles. The van der Waals surface area contributed by atoms with Gasteiger partial charge in [-0.1, -0.05) is 140 Å². The third-order valence-electron chi connectivity index (χ3n) is 9.62. The molecule has 10 aromatic rings. The quantitative estimate of drug-likeness (QED) is 0.188. The summed E-state index contributed by atoms with van der Waals surface area (Å²) in [5, 5.41) is 12.0. The molecular formula is C45H29N5. The molecule has 50 heavy (non-hydrogen) atoms. The summed E-state index contributed by atoms with van der Waals surface area (Å²) < 4.78 is 4.62. The minimum absolute atomic E-state index is 0.821. The number of benzene rings is 6. The SMILES string of the molecule is c1ccc(-c2ccc(-n3c4ccccc4c4nnc5c6ccccc6n(-c6cc(-c7ccccc7)cc(-c7ccccc7)n6)c5c43)cc2)cc1. The molecule has 0 spiro atoms. The van der Waals surface area contributed by atoms with Gasteiger partial charge in [0, 0.05) is 22.0 Å². The molecule has 10 rings (SSSR count). The zero-order valence-electron chi connectivity index (χ0n) is 27.0. The highest BCUT2D eigenvalue weighted by Gasteiger charge is 2.24. The molecule has 0 N–H and O–H groups in total. The number of hydrogen-bond acceptors (Lipinski definition) is 3. The van der Waals surface area contributed by atoms with Crippen LogP contribution >= 0.6 is 0 Å². The number of para-hydroxylation sites is 2. The lowest BCUT2D eigenvalue weighted by Crippen LogP contribution is -2.03. The van der Waals surface area contributed by atoms with Crippen LogP contribution in [0.25, 0.3) is 88.9 Å². The highest BCUT2D eigenvalue weighted by Crippen LogP contribution is 2.40. The highest BCUT2D eigenvalue weighted by molar-refractivity contribution is 6.20. The fourth-order valence-electron chi connectivity index (χ4n) is 7.31. The van der Waals surface area contributed by atoms with Gasteiger partial charge in [0.05, 0.1) is 16.7 Å². The van der Waals surface area contributed by atoms with Gasteiger partial charge < -0.3 is 4.57 Å². The summed E-state index contributed by atoms with van der Waals surface area (Å²) >= 11 is 0. The van der Waals surface area contributed by atoms with Crippen molar-refractivity contribution in [2.75, 3.05) is 0 Å². The maximum atomic E-state index is 5.39. The zero-order chi connectivity index (χ0) is 33.0. The third kappa shape index (κ3) is 4.45. The number of fused-ring (bicyclic) bond motifs is 7. The van der Waals surface area contributed by atoms with Crippen molar-refractivity contribution in [3.05, 3.63) is 176 Å². The molecule has 5 nitrogen and oxygen atoms in total. The van der Waals surface area contributed by atoms with E-state index in [1.54, 1.807) is 0 Å². The molecule has 0 aliphatic carbocycles. The molecule has 4 heterocycles. The summed E-state index contributed by atoms with van der Waals surface area (Å²) in [6, 6.07) is 61.5. The number of pyridine rings is 1. The van der Waals surface area contributed by atoms with Crippen molar-refractivity contribution in [1.29, 1.82) is 0 Å². The normalized spacial score (nSPS) is 11.6. The maximum Gasteiger partial charge on any atom is 0.139 e. The van der Waals surface area contributed by atoms with Gasteiger partial charge in [-0.25, -0.2) is 4.98 Å². The van der Waals surface area contributed by atoms with Crippen LogP contribution in [0.2, 0.25) is 0 Å². The van der Waals surface area contributed by atoms with Crippen molar-refractivity contribution < 1.29 is 0 Å². The van der Waals surface area contributed by atoms with E-state index in [0.717, 1.165) is 77.8 Å². The Morgan fingerprint density at radius 1 is 0.360 bits per heavy atom. The van der Waals surface area contributed by atoms with Gasteiger partial charge in [0.2, 0.25) is 0 Å². The van der Waals surface area contributed by atoms with Crippen LogP contribution in [0, 0.1) is 0 Å². The number of hydrogen-bond donors (Lipinski definition) is 0. The number of rotatable bonds is 5. The molecule has 0 aliphatic heterocycles. The molecule has 0 amide bonds. The minimum Gasteiger partial charge on any atom is -0.306 e. The molecule has 4 aromatic heterocycles. The van der Waals surface area contributed by atoms with Crippen LogP contribution in [0.4, 0.5) is 0 Å². The van der Waals surface area contributed by atoms with Crippen molar-refractivity contribution in [2.45, 2.75) is 0 Å². The fraction of sp³-hybridized carbons (Fsp3) is 0. The van der Waals surface area contributed by atoms with E-state index in [-0.39, 0.29) is 0 Å². The van der Waals surface area contributed by atoms with Gasteiger partial charge in [0.15, 0.2) is 0 Å². The van der Waals surface area contributed by atoms with E-state index in [0.29, 0.717) is 0 Å². The van der Waals surface area contributed by atoms with Crippen molar-refractivity contribution >= 4 is 43.9 Å². The first-order chi connectivity index (χ1) is 24.8. The Kier molecular flexibility index (Phi) is 6.42. The highest BCUT2D eigenvalue weighted by atomic mass is 15.2. The summed E-state index contributed by atoms with van der Waals surface area (Å²) in [4.78, 5) is 5.39. The van der Waals surface area contributed by atoms with E-state index in [9.17, 15) is 0 Å². The number of aromatic nitrogens is 5. The Morgan fingerprint density at radius 2 is 0.820 bits per heavy atom. The van der Waals surface area contributed by atoms with Gasteiger partial charge in [-0.2, -0.15) is 0 Å². The summed E-state index contributed by atoms with van der Waals surface area (Å²) in [5.41, 5.74) is 13.4. The second-order valence-corrected chi connectivity index (χ2v) is 12.5. The van der Waals surface area contributed by atoms with Crippen molar-refractivity contribution in [3.8, 4) is 45.0 Å². The topological polar surface area (TPSA) is 48.5 Å². The Bertz CT molecular complexity index is 2780. The number of nitrogens with zero attached hydrogens (tertiary/aromatic N) is 5. The van der Waals surface area contributed by atoms with E-state index < -0.39 is 0 Å². The monoisotopic (exact) mass is 639 g/mol. The van der Waals surface area contributed by atoms with E-state index >= 15 is 0 Å². The molecule has 0 atom stereocenters. The lowest BCUT2D eigenvalue weighted by Gasteiger charge is -2.14. The minimum atomic E-state index is 0.821. The van der Waals surface area contributed by atoms with Crippen molar-refractivity contribution in [3.63, 3.8) is 0 Å².